The molecule has 1 heterocycles. The summed E-state index contributed by atoms with van der Waals surface area (Å²) in [7, 11) is 1.62. The van der Waals surface area contributed by atoms with Crippen LogP contribution in [0.5, 0.6) is 0 Å². The summed E-state index contributed by atoms with van der Waals surface area (Å²) in [6, 6.07) is 7.82. The molecule has 7 heteroatoms. The molecule has 0 saturated heterocycles. The molecule has 0 unspecified atom stereocenters. The molecule has 1 N–H and O–H groups in total. The number of fused-ring (bicyclic) bond motifs is 1. The summed E-state index contributed by atoms with van der Waals surface area (Å²) in [5.41, 5.74) is 1.05. The Morgan fingerprint density at radius 3 is 2.82 bits per heavy atom. The third-order valence-corrected chi connectivity index (χ3v) is 4.39. The number of hydrogen-bond acceptors (Lipinski definition) is 3. The van der Waals surface area contributed by atoms with Gasteiger partial charge in [0.05, 0.1) is 38.1 Å². The highest BCUT2D eigenvalue weighted by Gasteiger charge is 2.13. The fourth-order valence-electron chi connectivity index (χ4n) is 2.10. The Kier molecular flexibility index (Phi) is 3.88. The van der Waals surface area contributed by atoms with Crippen molar-refractivity contribution < 1.29 is 4.39 Å². The lowest BCUT2D eigenvalue weighted by Gasteiger charge is -2.12. The van der Waals surface area contributed by atoms with Gasteiger partial charge in [0.15, 0.2) is 0 Å². The fraction of sp³-hybridized carbons (Fsp3) is 0.0667. The quantitative estimate of drug-likeness (QED) is 0.721. The number of nitrogens with one attached hydrogen (secondary N) is 1. The third kappa shape index (κ3) is 2.48. The second-order valence-electron chi connectivity index (χ2n) is 4.70. The molecule has 0 aliphatic carbocycles. The van der Waals surface area contributed by atoms with Crippen molar-refractivity contribution in [2.75, 3.05) is 5.32 Å². The average molecular weight is 383 g/mol. The Balaban J connectivity index is 2.19. The summed E-state index contributed by atoms with van der Waals surface area (Å²) >= 11 is 9.40. The van der Waals surface area contributed by atoms with Crippen molar-refractivity contribution in [3.63, 3.8) is 0 Å². The van der Waals surface area contributed by atoms with E-state index in [0.717, 1.165) is 0 Å². The third-order valence-electron chi connectivity index (χ3n) is 3.25. The number of benzene rings is 2. The van der Waals surface area contributed by atoms with Gasteiger partial charge in [-0.2, -0.15) is 0 Å². The number of hydrogen-bond donors (Lipinski definition) is 1. The average Bonchev–Trinajstić information content (AvgIpc) is 2.49. The zero-order valence-corrected chi connectivity index (χ0v) is 13.7. The van der Waals surface area contributed by atoms with Gasteiger partial charge in [-0.1, -0.05) is 17.7 Å². The minimum Gasteiger partial charge on any atom is -0.351 e. The molecule has 0 amide bonds. The zero-order valence-electron chi connectivity index (χ0n) is 11.4. The second kappa shape index (κ2) is 5.70. The summed E-state index contributed by atoms with van der Waals surface area (Å²) in [4.78, 5) is 16.4. The molecule has 3 rings (SSSR count). The molecule has 112 valence electrons. The molecule has 2 aromatic carbocycles. The van der Waals surface area contributed by atoms with Crippen molar-refractivity contribution in [3.05, 3.63) is 62.3 Å². The maximum Gasteiger partial charge on any atom is 0.262 e. The van der Waals surface area contributed by atoms with Gasteiger partial charge < -0.3 is 9.88 Å². The van der Waals surface area contributed by atoms with Crippen LogP contribution in [0, 0.1) is 5.82 Å². The lowest BCUT2D eigenvalue weighted by molar-refractivity contribution is 0.632. The molecule has 0 aliphatic heterocycles. The van der Waals surface area contributed by atoms with Crippen LogP contribution in [-0.4, -0.2) is 9.55 Å². The van der Waals surface area contributed by atoms with Crippen molar-refractivity contribution in [1.82, 2.24) is 9.55 Å². The van der Waals surface area contributed by atoms with Crippen molar-refractivity contribution in [3.8, 4) is 0 Å². The minimum absolute atomic E-state index is 0.157. The maximum atomic E-state index is 13.9. The van der Waals surface area contributed by atoms with Crippen LogP contribution in [0.15, 0.2) is 45.9 Å². The predicted molar refractivity (Wildman–Crippen MR) is 89.4 cm³/mol. The first kappa shape index (κ1) is 15.0. The molecule has 0 atom stereocenters. The molecule has 0 aliphatic rings. The van der Waals surface area contributed by atoms with Gasteiger partial charge in [0.2, 0.25) is 0 Å². The van der Waals surface area contributed by atoms with E-state index in [1.165, 1.54) is 23.0 Å². The van der Waals surface area contributed by atoms with E-state index in [4.69, 9.17) is 11.6 Å². The highest BCUT2D eigenvalue weighted by molar-refractivity contribution is 9.10. The van der Waals surface area contributed by atoms with Crippen molar-refractivity contribution in [1.29, 1.82) is 0 Å². The van der Waals surface area contributed by atoms with Gasteiger partial charge in [0.1, 0.15) is 5.82 Å². The van der Waals surface area contributed by atoms with Gasteiger partial charge in [-0.25, -0.2) is 9.37 Å². The van der Waals surface area contributed by atoms with Crippen LogP contribution >= 0.6 is 27.5 Å². The summed E-state index contributed by atoms with van der Waals surface area (Å²) in [5, 5.41) is 3.59. The predicted octanol–water partition coefficient (Wildman–Crippen LogP) is 4.23. The molecule has 0 fully saturated rings. The molecule has 22 heavy (non-hydrogen) atoms. The highest BCUT2D eigenvalue weighted by atomic mass is 79.9. The largest absolute Gasteiger partial charge is 0.351 e. The van der Waals surface area contributed by atoms with Gasteiger partial charge in [0, 0.05) is 7.05 Å². The van der Waals surface area contributed by atoms with E-state index in [1.54, 1.807) is 25.2 Å². The Labute approximate surface area is 138 Å². The molecule has 4 nitrogen and oxygen atoms in total. The van der Waals surface area contributed by atoms with Crippen LogP contribution in [-0.2, 0) is 7.05 Å². The zero-order chi connectivity index (χ0) is 15.9. The van der Waals surface area contributed by atoms with Crippen LogP contribution < -0.4 is 10.9 Å². The molecule has 0 radical (unpaired) electrons. The first-order valence-corrected chi connectivity index (χ1v) is 7.51. The number of aromatic nitrogens is 2. The summed E-state index contributed by atoms with van der Waals surface area (Å²) in [6.07, 6.45) is 1.46. The van der Waals surface area contributed by atoms with E-state index >= 15 is 0 Å². The van der Waals surface area contributed by atoms with Crippen LogP contribution in [0.25, 0.3) is 10.9 Å². The maximum absolute atomic E-state index is 13.9. The van der Waals surface area contributed by atoms with Crippen molar-refractivity contribution in [2.24, 2.45) is 7.05 Å². The summed E-state index contributed by atoms with van der Waals surface area (Å²) in [5.74, 6) is -0.474. The first-order valence-electron chi connectivity index (χ1n) is 6.34. The Morgan fingerprint density at radius 1 is 1.32 bits per heavy atom. The van der Waals surface area contributed by atoms with E-state index in [0.29, 0.717) is 21.1 Å². The number of anilines is 2. The van der Waals surface area contributed by atoms with Crippen LogP contribution in [0.4, 0.5) is 15.8 Å². The molecule has 0 saturated carbocycles. The fourth-order valence-corrected chi connectivity index (χ4v) is 2.92. The molecule has 3 aromatic rings. The Hall–Kier alpha value is -1.92. The standard InChI is InChI=1S/C15H10BrClFN3O/c1-21-7-19-10-5-6-11(13(16)12(10)15(21)22)20-14-8(17)3-2-4-9(14)18/h2-7,20H,1H3. The molecule has 0 bridgehead atoms. The lowest BCUT2D eigenvalue weighted by atomic mass is 10.2. The van der Waals surface area contributed by atoms with E-state index in [1.807, 2.05) is 0 Å². The second-order valence-corrected chi connectivity index (χ2v) is 5.90. The van der Waals surface area contributed by atoms with Crippen molar-refractivity contribution in [2.45, 2.75) is 0 Å². The summed E-state index contributed by atoms with van der Waals surface area (Å²) in [6.45, 7) is 0. The lowest BCUT2D eigenvalue weighted by Crippen LogP contribution is -2.17. The number of halogens is 3. The topological polar surface area (TPSA) is 46.9 Å². The highest BCUT2D eigenvalue weighted by Crippen LogP contribution is 2.34. The summed E-state index contributed by atoms with van der Waals surface area (Å²) < 4.78 is 15.8. The molecule has 1 aromatic heterocycles. The SMILES string of the molecule is Cn1cnc2ccc(Nc3c(F)cccc3Cl)c(Br)c2c1=O. The molecule has 0 spiro atoms. The number of rotatable bonds is 2. The van der Waals surface area contributed by atoms with E-state index in [2.05, 4.69) is 26.2 Å². The van der Waals surface area contributed by atoms with Crippen LogP contribution in [0.3, 0.4) is 0 Å². The van der Waals surface area contributed by atoms with Crippen molar-refractivity contribution >= 4 is 49.8 Å². The number of aryl methyl sites for hydroxylation is 1. The Morgan fingerprint density at radius 2 is 2.09 bits per heavy atom. The van der Waals surface area contributed by atoms with Crippen LogP contribution in [0.1, 0.15) is 0 Å². The first-order chi connectivity index (χ1) is 10.5. The van der Waals surface area contributed by atoms with Gasteiger partial charge in [-0.15, -0.1) is 0 Å². The molecular formula is C15H10BrClFN3O. The van der Waals surface area contributed by atoms with E-state index in [-0.39, 0.29) is 16.3 Å². The van der Waals surface area contributed by atoms with Gasteiger partial charge in [0.25, 0.3) is 5.56 Å². The van der Waals surface area contributed by atoms with Gasteiger partial charge >= 0.3 is 0 Å². The van der Waals surface area contributed by atoms with Gasteiger partial charge in [-0.3, -0.25) is 4.79 Å². The monoisotopic (exact) mass is 381 g/mol. The molecular weight excluding hydrogens is 373 g/mol. The number of para-hydroxylation sites is 1. The normalized spacial score (nSPS) is 10.9. The van der Waals surface area contributed by atoms with E-state index < -0.39 is 5.82 Å². The van der Waals surface area contributed by atoms with Gasteiger partial charge in [-0.05, 0) is 40.2 Å². The van der Waals surface area contributed by atoms with E-state index in [9.17, 15) is 9.18 Å². The smallest absolute Gasteiger partial charge is 0.262 e. The van der Waals surface area contributed by atoms with Crippen LogP contribution in [0.2, 0.25) is 5.02 Å². The Bertz CT molecular complexity index is 922. The minimum atomic E-state index is -0.474. The number of nitrogens with zero attached hydrogens (tertiary/aromatic N) is 2.